The number of fused-ring (bicyclic) bond motifs is 1. The maximum Gasteiger partial charge on any atom is 0.289 e. The van der Waals surface area contributed by atoms with Crippen molar-refractivity contribution in [2.24, 2.45) is 0 Å². The number of amides is 1. The first-order valence-electron chi connectivity index (χ1n) is 8.10. The topological polar surface area (TPSA) is 49.6 Å². The molecule has 0 aliphatic carbocycles. The highest BCUT2D eigenvalue weighted by molar-refractivity contribution is 7.09. The van der Waals surface area contributed by atoms with Gasteiger partial charge in [0.2, 0.25) is 0 Å². The van der Waals surface area contributed by atoms with Crippen molar-refractivity contribution in [2.45, 2.75) is 13.5 Å². The van der Waals surface area contributed by atoms with Gasteiger partial charge in [-0.05, 0) is 19.1 Å². The molecule has 1 fully saturated rings. The van der Waals surface area contributed by atoms with Crippen LogP contribution < -0.4 is 0 Å². The lowest BCUT2D eigenvalue weighted by Crippen LogP contribution is -2.48. The zero-order valence-corrected chi connectivity index (χ0v) is 15.6. The number of hydrogen-bond acceptors (Lipinski definition) is 5. The summed E-state index contributed by atoms with van der Waals surface area (Å²) in [5.41, 5.74) is 1.84. The number of aryl methyl sites for hydroxylation is 1. The minimum absolute atomic E-state index is 0. The van der Waals surface area contributed by atoms with E-state index in [1.54, 1.807) is 11.3 Å². The minimum Gasteiger partial charge on any atom is -0.451 e. The third-order valence-electron chi connectivity index (χ3n) is 4.32. The molecule has 2 aromatic heterocycles. The van der Waals surface area contributed by atoms with E-state index >= 15 is 0 Å². The molecule has 0 N–H and O–H groups in total. The SMILES string of the molecule is Cc1csc(CN2CCN(C(=O)c3cc4ccccc4o3)CC2)n1.Cl. The average molecular weight is 378 g/mol. The van der Waals surface area contributed by atoms with E-state index in [1.807, 2.05) is 42.2 Å². The summed E-state index contributed by atoms with van der Waals surface area (Å²) >= 11 is 1.70. The second kappa shape index (κ2) is 7.56. The molecule has 1 saturated heterocycles. The lowest BCUT2D eigenvalue weighted by atomic mass is 10.2. The van der Waals surface area contributed by atoms with E-state index in [9.17, 15) is 4.79 Å². The minimum atomic E-state index is -0.0176. The van der Waals surface area contributed by atoms with Crippen molar-refractivity contribution in [3.63, 3.8) is 0 Å². The van der Waals surface area contributed by atoms with Gasteiger partial charge in [0.1, 0.15) is 10.6 Å². The van der Waals surface area contributed by atoms with Gasteiger partial charge in [-0.2, -0.15) is 0 Å². The lowest BCUT2D eigenvalue weighted by Gasteiger charge is -2.33. The summed E-state index contributed by atoms with van der Waals surface area (Å²) in [7, 11) is 0. The second-order valence-corrected chi connectivity index (χ2v) is 7.04. The van der Waals surface area contributed by atoms with Crippen LogP contribution in [0.3, 0.4) is 0 Å². The molecule has 1 aliphatic heterocycles. The highest BCUT2D eigenvalue weighted by atomic mass is 35.5. The van der Waals surface area contributed by atoms with Crippen molar-refractivity contribution in [2.75, 3.05) is 26.2 Å². The van der Waals surface area contributed by atoms with Crippen LogP contribution >= 0.6 is 23.7 Å². The molecule has 7 heteroatoms. The number of halogens is 1. The first kappa shape index (κ1) is 17.9. The predicted molar refractivity (Wildman–Crippen MR) is 101 cm³/mol. The maximum absolute atomic E-state index is 12.6. The number of carbonyl (C=O) groups excluding carboxylic acids is 1. The van der Waals surface area contributed by atoms with Gasteiger partial charge in [-0.1, -0.05) is 18.2 Å². The fraction of sp³-hybridized carbons (Fsp3) is 0.333. The zero-order valence-electron chi connectivity index (χ0n) is 14.0. The molecule has 1 aliphatic rings. The molecule has 0 radical (unpaired) electrons. The summed E-state index contributed by atoms with van der Waals surface area (Å²) in [6, 6.07) is 9.55. The molecule has 3 heterocycles. The van der Waals surface area contributed by atoms with E-state index in [0.717, 1.165) is 54.4 Å². The molecule has 0 bridgehead atoms. The molecule has 0 spiro atoms. The molecule has 1 amide bonds. The molecule has 0 atom stereocenters. The van der Waals surface area contributed by atoms with Gasteiger partial charge >= 0.3 is 0 Å². The van der Waals surface area contributed by atoms with E-state index in [4.69, 9.17) is 4.42 Å². The van der Waals surface area contributed by atoms with Crippen LogP contribution in [0.1, 0.15) is 21.3 Å². The maximum atomic E-state index is 12.6. The molecule has 0 unspecified atom stereocenters. The third-order valence-corrected chi connectivity index (χ3v) is 5.27. The Morgan fingerprint density at radius 2 is 2.00 bits per heavy atom. The van der Waals surface area contributed by atoms with Crippen LogP contribution in [0, 0.1) is 6.92 Å². The van der Waals surface area contributed by atoms with Gasteiger partial charge < -0.3 is 9.32 Å². The number of thiazole rings is 1. The van der Waals surface area contributed by atoms with Crippen LogP contribution in [0.4, 0.5) is 0 Å². The summed E-state index contributed by atoms with van der Waals surface area (Å²) in [5, 5.41) is 4.19. The zero-order chi connectivity index (χ0) is 16.5. The number of rotatable bonds is 3. The fourth-order valence-electron chi connectivity index (χ4n) is 3.02. The quantitative estimate of drug-likeness (QED) is 0.700. The molecule has 0 saturated carbocycles. The number of hydrogen-bond donors (Lipinski definition) is 0. The number of carbonyl (C=O) groups is 1. The Bertz CT molecular complexity index is 835. The van der Waals surface area contributed by atoms with E-state index in [-0.39, 0.29) is 18.3 Å². The Morgan fingerprint density at radius 3 is 2.68 bits per heavy atom. The summed E-state index contributed by atoms with van der Waals surface area (Å²) in [5.74, 6) is 0.413. The van der Waals surface area contributed by atoms with Gasteiger partial charge in [0, 0.05) is 42.6 Å². The first-order valence-corrected chi connectivity index (χ1v) is 8.98. The van der Waals surface area contributed by atoms with Crippen LogP contribution in [0.2, 0.25) is 0 Å². The number of aromatic nitrogens is 1. The Labute approximate surface area is 156 Å². The number of para-hydroxylation sites is 1. The summed E-state index contributed by atoms with van der Waals surface area (Å²) in [6.45, 7) is 6.06. The second-order valence-electron chi connectivity index (χ2n) is 6.10. The van der Waals surface area contributed by atoms with Crippen LogP contribution in [0.5, 0.6) is 0 Å². The van der Waals surface area contributed by atoms with Gasteiger partial charge in [0.15, 0.2) is 5.76 Å². The Kier molecular flexibility index (Phi) is 5.42. The van der Waals surface area contributed by atoms with Crippen molar-refractivity contribution in [1.29, 1.82) is 0 Å². The number of nitrogens with zero attached hydrogens (tertiary/aromatic N) is 3. The van der Waals surface area contributed by atoms with Gasteiger partial charge in [0.25, 0.3) is 5.91 Å². The number of furan rings is 1. The van der Waals surface area contributed by atoms with Crippen molar-refractivity contribution in [1.82, 2.24) is 14.8 Å². The molecule has 132 valence electrons. The van der Waals surface area contributed by atoms with Crippen LogP contribution in [-0.2, 0) is 6.54 Å². The molecule has 25 heavy (non-hydrogen) atoms. The number of benzene rings is 1. The summed E-state index contributed by atoms with van der Waals surface area (Å²) < 4.78 is 5.70. The molecular weight excluding hydrogens is 358 g/mol. The van der Waals surface area contributed by atoms with E-state index in [0.29, 0.717) is 5.76 Å². The van der Waals surface area contributed by atoms with E-state index in [1.165, 1.54) is 0 Å². The molecule has 5 nitrogen and oxygen atoms in total. The normalized spacial score (nSPS) is 15.3. The van der Waals surface area contributed by atoms with Gasteiger partial charge in [-0.3, -0.25) is 9.69 Å². The lowest BCUT2D eigenvalue weighted by molar-refractivity contribution is 0.0600. The van der Waals surface area contributed by atoms with Crippen molar-refractivity contribution in [3.8, 4) is 0 Å². The predicted octanol–water partition coefficient (Wildman–Crippen LogP) is 3.58. The van der Waals surface area contributed by atoms with Gasteiger partial charge in [-0.15, -0.1) is 23.7 Å². The smallest absolute Gasteiger partial charge is 0.289 e. The summed E-state index contributed by atoms with van der Waals surface area (Å²) in [6.07, 6.45) is 0. The van der Waals surface area contributed by atoms with Gasteiger partial charge in [-0.25, -0.2) is 4.98 Å². The van der Waals surface area contributed by atoms with E-state index in [2.05, 4.69) is 15.3 Å². The van der Waals surface area contributed by atoms with Crippen molar-refractivity contribution >= 4 is 40.6 Å². The van der Waals surface area contributed by atoms with Crippen molar-refractivity contribution in [3.05, 3.63) is 52.2 Å². The van der Waals surface area contributed by atoms with Crippen LogP contribution in [0.25, 0.3) is 11.0 Å². The third kappa shape index (κ3) is 3.86. The Morgan fingerprint density at radius 1 is 1.24 bits per heavy atom. The van der Waals surface area contributed by atoms with Crippen LogP contribution in [-0.4, -0.2) is 46.9 Å². The van der Waals surface area contributed by atoms with Crippen molar-refractivity contribution < 1.29 is 9.21 Å². The fourth-order valence-corrected chi connectivity index (χ4v) is 3.83. The highest BCUT2D eigenvalue weighted by Crippen LogP contribution is 2.21. The molecule has 4 rings (SSSR count). The molecular formula is C18H20ClN3O2S. The average Bonchev–Trinajstić information content (AvgIpc) is 3.21. The Hall–Kier alpha value is -1.89. The molecule has 1 aromatic carbocycles. The molecule has 3 aromatic rings. The number of piperazine rings is 1. The van der Waals surface area contributed by atoms with Gasteiger partial charge in [0.05, 0.1) is 6.54 Å². The summed E-state index contributed by atoms with van der Waals surface area (Å²) in [4.78, 5) is 21.4. The monoisotopic (exact) mass is 377 g/mol. The standard InChI is InChI=1S/C18H19N3O2S.ClH/c1-13-12-24-17(19-13)11-20-6-8-21(9-7-20)18(22)16-10-14-4-2-3-5-15(14)23-16;/h2-5,10,12H,6-9,11H2,1H3;1H. The van der Waals surface area contributed by atoms with Crippen LogP contribution in [0.15, 0.2) is 40.1 Å². The Balaban J connectivity index is 0.00000182. The highest BCUT2D eigenvalue weighted by Gasteiger charge is 2.24. The first-order chi connectivity index (χ1) is 11.7. The largest absolute Gasteiger partial charge is 0.451 e. The van der Waals surface area contributed by atoms with E-state index < -0.39 is 0 Å².